The van der Waals surface area contributed by atoms with E-state index in [-0.39, 0.29) is 23.8 Å². The molecule has 2 amide bonds. The highest BCUT2D eigenvalue weighted by molar-refractivity contribution is 6.00. The number of carbonyl (C=O) groups is 3. The quantitative estimate of drug-likeness (QED) is 0.524. The molecule has 6 heteroatoms. The molecule has 0 radical (unpaired) electrons. The lowest BCUT2D eigenvalue weighted by Gasteiger charge is -2.56. The van der Waals surface area contributed by atoms with Crippen molar-refractivity contribution in [3.8, 4) is 0 Å². The summed E-state index contributed by atoms with van der Waals surface area (Å²) in [5, 5.41) is 0. The van der Waals surface area contributed by atoms with Crippen LogP contribution in [-0.2, 0) is 27.3 Å². The van der Waals surface area contributed by atoms with Gasteiger partial charge >= 0.3 is 0 Å². The van der Waals surface area contributed by atoms with E-state index in [1.165, 1.54) is 24.2 Å². The van der Waals surface area contributed by atoms with Crippen LogP contribution in [0.5, 0.6) is 0 Å². The van der Waals surface area contributed by atoms with E-state index in [1.54, 1.807) is 0 Å². The van der Waals surface area contributed by atoms with Crippen molar-refractivity contribution in [1.29, 1.82) is 0 Å². The Morgan fingerprint density at radius 3 is 2.03 bits per heavy atom. The Labute approximate surface area is 231 Å². The number of imide groups is 1. The first-order chi connectivity index (χ1) is 18.9. The van der Waals surface area contributed by atoms with E-state index in [2.05, 4.69) is 4.90 Å². The smallest absolute Gasteiger partial charge is 0.246 e. The van der Waals surface area contributed by atoms with Gasteiger partial charge in [0, 0.05) is 5.41 Å². The van der Waals surface area contributed by atoms with Gasteiger partial charge in [-0.15, -0.1) is 0 Å². The number of likely N-dealkylation sites (tertiary alicyclic amines) is 1. The molecule has 0 unspecified atom stereocenters. The van der Waals surface area contributed by atoms with E-state index in [4.69, 9.17) is 5.73 Å². The zero-order chi connectivity index (χ0) is 27.0. The van der Waals surface area contributed by atoms with E-state index in [0.29, 0.717) is 42.9 Å². The fraction of sp³-hybridized carbons (Fsp3) is 0.545. The molecule has 2 atom stereocenters. The molecule has 4 aliphatic carbocycles. The number of benzene rings is 2. The fourth-order valence-electron chi connectivity index (χ4n) is 8.47. The van der Waals surface area contributed by atoms with Gasteiger partial charge in [-0.25, -0.2) is 0 Å². The van der Waals surface area contributed by atoms with Gasteiger partial charge in [0.1, 0.15) is 0 Å². The maximum atomic E-state index is 14.1. The Balaban J connectivity index is 1.19. The van der Waals surface area contributed by atoms with Crippen molar-refractivity contribution in [2.24, 2.45) is 28.9 Å². The number of nitrogens with zero attached hydrogens (tertiary/aromatic N) is 2. The molecule has 0 spiro atoms. The molecule has 5 aliphatic rings. The van der Waals surface area contributed by atoms with Gasteiger partial charge in [0.25, 0.3) is 0 Å². The van der Waals surface area contributed by atoms with Crippen LogP contribution >= 0.6 is 0 Å². The Morgan fingerprint density at radius 1 is 0.872 bits per heavy atom. The number of Topliss-reactive ketones (excluding diaryl/α,β-unsaturated/α-hetero) is 1. The summed E-state index contributed by atoms with van der Waals surface area (Å²) in [4.78, 5) is 45.1. The molecule has 7 rings (SSSR count). The van der Waals surface area contributed by atoms with Crippen molar-refractivity contribution < 1.29 is 14.4 Å². The summed E-state index contributed by atoms with van der Waals surface area (Å²) in [6.07, 6.45) is 8.92. The van der Waals surface area contributed by atoms with Crippen LogP contribution in [0.3, 0.4) is 0 Å². The Morgan fingerprint density at radius 2 is 1.44 bits per heavy atom. The van der Waals surface area contributed by atoms with Crippen molar-refractivity contribution in [3.63, 3.8) is 0 Å². The molecule has 2 N–H and O–H groups in total. The molecule has 206 valence electrons. The van der Waals surface area contributed by atoms with Crippen LogP contribution in [0.4, 0.5) is 0 Å². The fourth-order valence-corrected chi connectivity index (χ4v) is 8.47. The van der Waals surface area contributed by atoms with Gasteiger partial charge in [-0.3, -0.25) is 24.2 Å². The molecule has 4 saturated carbocycles. The normalized spacial score (nSPS) is 30.3. The lowest BCUT2D eigenvalue weighted by atomic mass is 9.48. The van der Waals surface area contributed by atoms with Gasteiger partial charge in [0.05, 0.1) is 25.2 Å². The van der Waals surface area contributed by atoms with Gasteiger partial charge in [0.15, 0.2) is 5.78 Å². The third-order valence-corrected chi connectivity index (χ3v) is 9.96. The number of ketones is 1. The van der Waals surface area contributed by atoms with Crippen molar-refractivity contribution in [3.05, 3.63) is 71.8 Å². The van der Waals surface area contributed by atoms with E-state index < -0.39 is 12.1 Å². The molecule has 2 aromatic carbocycles. The molecule has 1 aliphatic heterocycles. The SMILES string of the molecule is N[C@@H](Cc1ccccc1)C(=O)N(Cc1ccccc1)C(=O)[C@@H]1CCCN1CC(=O)C12CC3CC(CC(C3)C1)C2. The van der Waals surface area contributed by atoms with Crippen LogP contribution in [0.2, 0.25) is 0 Å². The number of hydrogen-bond donors (Lipinski definition) is 1. The molecule has 1 heterocycles. The summed E-state index contributed by atoms with van der Waals surface area (Å²) >= 11 is 0. The third-order valence-electron chi connectivity index (χ3n) is 9.96. The van der Waals surface area contributed by atoms with Crippen LogP contribution in [0.25, 0.3) is 0 Å². The number of amides is 2. The standard InChI is InChI=1S/C33H41N3O3/c34-28(17-23-8-3-1-4-9-23)31(38)36(21-24-10-5-2-6-11-24)32(39)29-12-7-13-35(29)22-30(37)33-18-25-14-26(19-33)16-27(15-25)20-33/h1-6,8-11,25-29H,7,12-22,34H2/t25?,26?,27?,28-,29-,33?/m0/s1. The predicted octanol–water partition coefficient (Wildman–Crippen LogP) is 4.36. The van der Waals surface area contributed by atoms with Crippen molar-refractivity contribution in [2.75, 3.05) is 13.1 Å². The summed E-state index contributed by atoms with van der Waals surface area (Å²) in [7, 11) is 0. The predicted molar refractivity (Wildman–Crippen MR) is 150 cm³/mol. The summed E-state index contributed by atoms with van der Waals surface area (Å²) in [5.74, 6) is 1.89. The van der Waals surface area contributed by atoms with Crippen molar-refractivity contribution in [2.45, 2.75) is 76.4 Å². The number of nitrogens with two attached hydrogens (primary N) is 1. The Hall–Kier alpha value is -2.83. The molecular formula is C33H41N3O3. The monoisotopic (exact) mass is 527 g/mol. The molecule has 0 aromatic heterocycles. The minimum Gasteiger partial charge on any atom is -0.320 e. The molecule has 1 saturated heterocycles. The van der Waals surface area contributed by atoms with Crippen LogP contribution in [0.1, 0.15) is 62.5 Å². The molecule has 6 nitrogen and oxygen atoms in total. The van der Waals surface area contributed by atoms with Gasteiger partial charge in [-0.1, -0.05) is 60.7 Å². The highest BCUT2D eigenvalue weighted by Crippen LogP contribution is 2.60. The zero-order valence-corrected chi connectivity index (χ0v) is 22.8. The van der Waals surface area contributed by atoms with Gasteiger partial charge in [0.2, 0.25) is 11.8 Å². The topological polar surface area (TPSA) is 83.7 Å². The van der Waals surface area contributed by atoms with Crippen molar-refractivity contribution in [1.82, 2.24) is 9.80 Å². The lowest BCUT2D eigenvalue weighted by Crippen LogP contribution is -2.55. The minimum absolute atomic E-state index is 0.178. The van der Waals surface area contributed by atoms with Gasteiger partial charge in [-0.2, -0.15) is 0 Å². The summed E-state index contributed by atoms with van der Waals surface area (Å²) < 4.78 is 0. The first-order valence-corrected chi connectivity index (χ1v) is 14.9. The average molecular weight is 528 g/mol. The van der Waals surface area contributed by atoms with E-state index in [0.717, 1.165) is 43.4 Å². The van der Waals surface area contributed by atoms with E-state index in [9.17, 15) is 14.4 Å². The first-order valence-electron chi connectivity index (χ1n) is 14.9. The number of carbonyl (C=O) groups excluding carboxylic acids is 3. The van der Waals surface area contributed by atoms with Crippen LogP contribution in [-0.4, -0.2) is 52.6 Å². The summed E-state index contributed by atoms with van der Waals surface area (Å²) in [6.45, 7) is 1.23. The Bertz CT molecular complexity index is 1160. The van der Waals surface area contributed by atoms with Crippen LogP contribution in [0, 0.1) is 23.2 Å². The van der Waals surface area contributed by atoms with Crippen LogP contribution < -0.4 is 5.73 Å². The highest BCUT2D eigenvalue weighted by atomic mass is 16.2. The third kappa shape index (κ3) is 5.46. The Kier molecular flexibility index (Phi) is 7.43. The van der Waals surface area contributed by atoms with Gasteiger partial charge < -0.3 is 5.73 Å². The second-order valence-electron chi connectivity index (χ2n) is 12.8. The van der Waals surface area contributed by atoms with Crippen molar-refractivity contribution >= 4 is 17.6 Å². The molecule has 2 aromatic rings. The largest absolute Gasteiger partial charge is 0.320 e. The number of rotatable bonds is 9. The lowest BCUT2D eigenvalue weighted by molar-refractivity contribution is -0.151. The van der Waals surface area contributed by atoms with Crippen LogP contribution in [0.15, 0.2) is 60.7 Å². The maximum Gasteiger partial charge on any atom is 0.246 e. The zero-order valence-electron chi connectivity index (χ0n) is 22.8. The highest BCUT2D eigenvalue weighted by Gasteiger charge is 2.54. The summed E-state index contributed by atoms with van der Waals surface area (Å²) in [6, 6.07) is 18.0. The minimum atomic E-state index is -0.816. The molecule has 4 bridgehead atoms. The summed E-state index contributed by atoms with van der Waals surface area (Å²) in [5.41, 5.74) is 8.09. The maximum absolute atomic E-state index is 14.1. The average Bonchev–Trinajstić information content (AvgIpc) is 3.39. The first kappa shape index (κ1) is 26.4. The van der Waals surface area contributed by atoms with E-state index >= 15 is 0 Å². The van der Waals surface area contributed by atoms with E-state index in [1.807, 2.05) is 60.7 Å². The molecule has 5 fully saturated rings. The molecular weight excluding hydrogens is 486 g/mol. The molecule has 39 heavy (non-hydrogen) atoms. The second-order valence-corrected chi connectivity index (χ2v) is 12.8. The second kappa shape index (κ2) is 11.0. The number of hydrogen-bond acceptors (Lipinski definition) is 5. The van der Waals surface area contributed by atoms with Gasteiger partial charge in [-0.05, 0) is 93.2 Å².